The number of benzene rings is 7. The lowest BCUT2D eigenvalue weighted by Crippen LogP contribution is -2.01. The fourth-order valence-corrected chi connectivity index (χ4v) is 6.13. The van der Waals surface area contributed by atoms with Crippen molar-refractivity contribution in [2.45, 2.75) is 0 Å². The summed E-state index contributed by atoms with van der Waals surface area (Å²) in [4.78, 5) is 0. The summed E-state index contributed by atoms with van der Waals surface area (Å²) in [6, 6.07) is 42.3. The van der Waals surface area contributed by atoms with Gasteiger partial charge in [-0.1, -0.05) is 97.1 Å². The van der Waals surface area contributed by atoms with Gasteiger partial charge in [-0.15, -0.1) is 0 Å². The maximum Gasteiger partial charge on any atom is 0.131 e. The second-order valence-electron chi connectivity index (χ2n) is 9.91. The van der Waals surface area contributed by atoms with Crippen molar-refractivity contribution in [1.82, 2.24) is 0 Å². The molecule has 0 amide bonds. The molecule has 0 aliphatic heterocycles. The summed E-state index contributed by atoms with van der Waals surface area (Å²) in [5.74, 6) is 1.20. The van der Waals surface area contributed by atoms with Gasteiger partial charge in [0.15, 0.2) is 0 Å². The molecular weight excluding hydrogens is 490 g/mol. The van der Waals surface area contributed by atoms with E-state index in [0.717, 1.165) is 65.3 Å². The number of nitriles is 1. The van der Waals surface area contributed by atoms with Crippen LogP contribution >= 0.6 is 0 Å². The highest BCUT2D eigenvalue weighted by Gasteiger charge is 2.26. The molecule has 7 aromatic rings. The van der Waals surface area contributed by atoms with Gasteiger partial charge in [-0.3, -0.25) is 0 Å². The van der Waals surface area contributed by atoms with Gasteiger partial charge in [0.25, 0.3) is 0 Å². The molecule has 7 rings (SSSR count). The van der Waals surface area contributed by atoms with E-state index in [0.29, 0.717) is 17.1 Å². The van der Waals surface area contributed by atoms with Crippen LogP contribution in [0.15, 0.2) is 115 Å². The summed E-state index contributed by atoms with van der Waals surface area (Å²) in [5, 5.41) is 19.7. The Morgan fingerprint density at radius 1 is 0.450 bits per heavy atom. The van der Waals surface area contributed by atoms with Crippen molar-refractivity contribution in [2.75, 3.05) is 14.2 Å². The van der Waals surface area contributed by atoms with Crippen LogP contribution in [0.5, 0.6) is 11.5 Å². The Bertz CT molecular complexity index is 1900. The summed E-state index contributed by atoms with van der Waals surface area (Å²) in [6.07, 6.45) is 0. The molecule has 190 valence electrons. The highest BCUT2D eigenvalue weighted by Crippen LogP contribution is 2.51. The smallest absolute Gasteiger partial charge is 0.131 e. The molecule has 3 heteroatoms. The maximum absolute atomic E-state index is 11.0. The minimum atomic E-state index is 0.527. The Morgan fingerprint density at radius 3 is 1.07 bits per heavy atom. The van der Waals surface area contributed by atoms with Crippen LogP contribution in [-0.2, 0) is 0 Å². The van der Waals surface area contributed by atoms with E-state index in [1.165, 1.54) is 0 Å². The third kappa shape index (κ3) is 3.51. The first kappa shape index (κ1) is 23.8. The lowest BCUT2D eigenvalue weighted by molar-refractivity contribution is 0.396. The van der Waals surface area contributed by atoms with Crippen molar-refractivity contribution in [3.8, 4) is 39.8 Å². The van der Waals surface area contributed by atoms with E-state index in [4.69, 9.17) is 9.47 Å². The molecule has 0 radical (unpaired) electrons. The van der Waals surface area contributed by atoms with E-state index in [1.807, 2.05) is 54.6 Å². The van der Waals surface area contributed by atoms with Crippen LogP contribution in [0.25, 0.3) is 65.3 Å². The Hall–Kier alpha value is -5.33. The topological polar surface area (TPSA) is 42.2 Å². The molecule has 0 N–H and O–H groups in total. The number of hydrogen-bond donors (Lipinski definition) is 0. The van der Waals surface area contributed by atoms with E-state index in [2.05, 4.69) is 66.7 Å². The molecule has 0 aromatic heterocycles. The molecule has 0 aliphatic rings. The van der Waals surface area contributed by atoms with Crippen LogP contribution in [0.1, 0.15) is 5.56 Å². The fourth-order valence-electron chi connectivity index (χ4n) is 6.13. The van der Waals surface area contributed by atoms with Gasteiger partial charge in [-0.2, -0.15) is 5.26 Å². The van der Waals surface area contributed by atoms with Crippen molar-refractivity contribution in [3.63, 3.8) is 0 Å². The number of fused-ring (bicyclic) bond motifs is 4. The van der Waals surface area contributed by atoms with Gasteiger partial charge in [0, 0.05) is 28.3 Å². The quantitative estimate of drug-likeness (QED) is 0.219. The molecule has 0 saturated carbocycles. The molecule has 0 saturated heterocycles. The molecule has 0 heterocycles. The van der Waals surface area contributed by atoms with Crippen molar-refractivity contribution in [2.24, 2.45) is 0 Å². The molecule has 0 atom stereocenters. The van der Waals surface area contributed by atoms with Gasteiger partial charge in [0.05, 0.1) is 19.8 Å². The minimum Gasteiger partial charge on any atom is -0.496 e. The first-order chi connectivity index (χ1) is 19.7. The van der Waals surface area contributed by atoms with E-state index >= 15 is 0 Å². The number of ether oxygens (including phenoxy) is 2. The SMILES string of the molecule is COc1cc(OC)c(-c2c3ccccc3cc3ccccc23)c(C#N)c1-c1c2ccccc2cc2ccccc12. The molecule has 0 fully saturated rings. The molecule has 0 unspecified atom stereocenters. The van der Waals surface area contributed by atoms with Crippen LogP contribution in [0.3, 0.4) is 0 Å². The van der Waals surface area contributed by atoms with Crippen LogP contribution in [0.2, 0.25) is 0 Å². The fraction of sp³-hybridized carbons (Fsp3) is 0.0541. The van der Waals surface area contributed by atoms with E-state index < -0.39 is 0 Å². The zero-order valence-corrected chi connectivity index (χ0v) is 22.2. The molecule has 40 heavy (non-hydrogen) atoms. The van der Waals surface area contributed by atoms with Crippen molar-refractivity contribution in [1.29, 1.82) is 5.26 Å². The van der Waals surface area contributed by atoms with Crippen LogP contribution in [0, 0.1) is 11.3 Å². The second-order valence-corrected chi connectivity index (χ2v) is 9.91. The van der Waals surface area contributed by atoms with Crippen molar-refractivity contribution < 1.29 is 9.47 Å². The van der Waals surface area contributed by atoms with Crippen LogP contribution < -0.4 is 9.47 Å². The average molecular weight is 516 g/mol. The second kappa shape index (κ2) is 9.45. The van der Waals surface area contributed by atoms with Gasteiger partial charge < -0.3 is 9.47 Å². The Morgan fingerprint density at radius 2 is 0.775 bits per heavy atom. The Balaban J connectivity index is 1.73. The van der Waals surface area contributed by atoms with Gasteiger partial charge in [-0.05, 0) is 55.2 Å². The van der Waals surface area contributed by atoms with Gasteiger partial charge in [0.2, 0.25) is 0 Å². The highest BCUT2D eigenvalue weighted by atomic mass is 16.5. The van der Waals surface area contributed by atoms with Gasteiger partial charge in [-0.25, -0.2) is 0 Å². The number of nitrogens with zero attached hydrogens (tertiary/aromatic N) is 1. The number of hydrogen-bond acceptors (Lipinski definition) is 3. The van der Waals surface area contributed by atoms with Crippen molar-refractivity contribution >= 4 is 43.1 Å². The highest BCUT2D eigenvalue weighted by molar-refractivity contribution is 6.18. The monoisotopic (exact) mass is 515 g/mol. The zero-order chi connectivity index (χ0) is 27.2. The third-order valence-corrected chi connectivity index (χ3v) is 7.85. The molecule has 0 aliphatic carbocycles. The summed E-state index contributed by atoms with van der Waals surface area (Å²) in [7, 11) is 3.31. The summed E-state index contributed by atoms with van der Waals surface area (Å²) < 4.78 is 12.0. The van der Waals surface area contributed by atoms with Crippen LogP contribution in [0.4, 0.5) is 0 Å². The lowest BCUT2D eigenvalue weighted by Gasteiger charge is -2.22. The maximum atomic E-state index is 11.0. The van der Waals surface area contributed by atoms with Crippen LogP contribution in [-0.4, -0.2) is 14.2 Å². The van der Waals surface area contributed by atoms with E-state index in [9.17, 15) is 5.26 Å². The molecule has 0 bridgehead atoms. The Kier molecular flexibility index (Phi) is 5.61. The molecule has 0 spiro atoms. The van der Waals surface area contributed by atoms with Crippen molar-refractivity contribution in [3.05, 3.63) is 121 Å². The lowest BCUT2D eigenvalue weighted by atomic mass is 9.83. The standard InChI is InChI=1S/C37H25NO2/c1-39-32-21-33(40-2)37(35-29-17-9-5-13-25(29)20-26-14-6-10-18-30(26)35)31(22-38)36(32)34-27-15-7-3-11-23(27)19-24-12-4-8-16-28(24)34/h3-21H,1-2H3. The predicted octanol–water partition coefficient (Wildman–Crippen LogP) is 9.52. The zero-order valence-electron chi connectivity index (χ0n) is 22.2. The average Bonchev–Trinajstić information content (AvgIpc) is 3.01. The predicted molar refractivity (Wildman–Crippen MR) is 165 cm³/mol. The van der Waals surface area contributed by atoms with Gasteiger partial charge in [0.1, 0.15) is 17.6 Å². The molecular formula is C37H25NO2. The third-order valence-electron chi connectivity index (χ3n) is 7.85. The number of methoxy groups -OCH3 is 2. The van der Waals surface area contributed by atoms with E-state index in [-0.39, 0.29) is 0 Å². The van der Waals surface area contributed by atoms with Gasteiger partial charge >= 0.3 is 0 Å². The minimum absolute atomic E-state index is 0.527. The normalized spacial score (nSPS) is 11.2. The molecule has 7 aromatic carbocycles. The summed E-state index contributed by atoms with van der Waals surface area (Å²) >= 11 is 0. The summed E-state index contributed by atoms with van der Waals surface area (Å²) in [6.45, 7) is 0. The first-order valence-corrected chi connectivity index (χ1v) is 13.2. The Labute approximate surface area is 232 Å². The molecule has 3 nitrogen and oxygen atoms in total. The van der Waals surface area contributed by atoms with E-state index in [1.54, 1.807) is 14.2 Å². The summed E-state index contributed by atoms with van der Waals surface area (Å²) in [5.41, 5.74) is 4.03. The largest absolute Gasteiger partial charge is 0.496 e. The first-order valence-electron chi connectivity index (χ1n) is 13.2. The number of rotatable bonds is 4.